The molecular formula is C18H17N5O3S. The number of pyridine rings is 1. The van der Waals surface area contributed by atoms with Crippen molar-refractivity contribution in [3.8, 4) is 0 Å². The number of aromatic amines is 1. The van der Waals surface area contributed by atoms with E-state index in [-0.39, 0.29) is 4.90 Å². The Hall–Kier alpha value is -2.91. The molecule has 1 saturated heterocycles. The fraction of sp³-hybridized carbons (Fsp3) is 0.222. The van der Waals surface area contributed by atoms with Gasteiger partial charge in [-0.2, -0.15) is 9.29 Å². The molecule has 0 aliphatic carbocycles. The van der Waals surface area contributed by atoms with Crippen LogP contribution in [0.2, 0.25) is 0 Å². The van der Waals surface area contributed by atoms with Gasteiger partial charge in [-0.15, -0.1) is 0 Å². The van der Waals surface area contributed by atoms with Gasteiger partial charge in [0.15, 0.2) is 5.58 Å². The first-order chi connectivity index (χ1) is 13.1. The van der Waals surface area contributed by atoms with Crippen LogP contribution in [0, 0.1) is 0 Å². The number of benzene rings is 1. The van der Waals surface area contributed by atoms with Crippen LogP contribution in [0.25, 0.3) is 22.1 Å². The number of para-hydroxylation sites is 2. The highest BCUT2D eigenvalue weighted by atomic mass is 32.2. The Labute approximate surface area is 155 Å². The number of oxazole rings is 1. The van der Waals surface area contributed by atoms with Gasteiger partial charge in [-0.1, -0.05) is 12.1 Å². The van der Waals surface area contributed by atoms with Crippen molar-refractivity contribution >= 4 is 38.2 Å². The molecule has 4 heterocycles. The molecule has 1 fully saturated rings. The molecule has 3 aromatic heterocycles. The van der Waals surface area contributed by atoms with Crippen LogP contribution < -0.4 is 4.90 Å². The monoisotopic (exact) mass is 383 g/mol. The minimum Gasteiger partial charge on any atom is -0.423 e. The minimum atomic E-state index is -3.59. The maximum absolute atomic E-state index is 13.1. The average molecular weight is 383 g/mol. The van der Waals surface area contributed by atoms with Crippen LogP contribution >= 0.6 is 0 Å². The maximum atomic E-state index is 13.1. The van der Waals surface area contributed by atoms with Crippen LogP contribution in [0.15, 0.2) is 58.1 Å². The SMILES string of the molecule is O=S(=O)(c1c[nH]c2ncccc12)N1CCN(c2nc3ccccc3o2)CC1. The fourth-order valence-electron chi connectivity index (χ4n) is 3.40. The number of sulfonamides is 1. The molecule has 27 heavy (non-hydrogen) atoms. The number of nitrogens with one attached hydrogen (secondary N) is 1. The van der Waals surface area contributed by atoms with Crippen LogP contribution in [-0.4, -0.2) is 53.9 Å². The maximum Gasteiger partial charge on any atom is 0.298 e. The van der Waals surface area contributed by atoms with Crippen molar-refractivity contribution in [2.24, 2.45) is 0 Å². The van der Waals surface area contributed by atoms with Gasteiger partial charge < -0.3 is 14.3 Å². The molecule has 8 nitrogen and oxygen atoms in total. The van der Waals surface area contributed by atoms with E-state index in [2.05, 4.69) is 15.0 Å². The molecular weight excluding hydrogens is 366 g/mol. The van der Waals surface area contributed by atoms with Crippen molar-refractivity contribution in [1.82, 2.24) is 19.3 Å². The topological polar surface area (TPSA) is 95.3 Å². The van der Waals surface area contributed by atoms with Crippen LogP contribution in [0.1, 0.15) is 0 Å². The molecule has 138 valence electrons. The fourth-order valence-corrected chi connectivity index (χ4v) is 4.97. The summed E-state index contributed by atoms with van der Waals surface area (Å²) < 4.78 is 33.4. The van der Waals surface area contributed by atoms with E-state index in [1.54, 1.807) is 18.3 Å². The summed E-state index contributed by atoms with van der Waals surface area (Å²) in [4.78, 5) is 13.8. The summed E-state index contributed by atoms with van der Waals surface area (Å²) in [6.07, 6.45) is 3.15. The molecule has 0 atom stereocenters. The Kier molecular flexibility index (Phi) is 3.66. The summed E-state index contributed by atoms with van der Waals surface area (Å²) in [7, 11) is -3.59. The molecule has 4 aromatic rings. The Morgan fingerprint density at radius 3 is 2.67 bits per heavy atom. The molecule has 0 amide bonds. The normalized spacial score (nSPS) is 16.4. The number of H-pyrrole nitrogens is 1. The molecule has 0 spiro atoms. The van der Waals surface area contributed by atoms with Gasteiger partial charge >= 0.3 is 0 Å². The standard InChI is InChI=1S/C18H17N5O3S/c24-27(25,16-12-20-17-13(16)4-3-7-19-17)23-10-8-22(9-11-23)18-21-14-5-1-2-6-15(14)26-18/h1-7,12H,8-11H2,(H,19,20). The van der Waals surface area contributed by atoms with Gasteiger partial charge in [0.1, 0.15) is 16.1 Å². The van der Waals surface area contributed by atoms with Crippen molar-refractivity contribution in [2.75, 3.05) is 31.1 Å². The number of anilines is 1. The van der Waals surface area contributed by atoms with E-state index in [0.29, 0.717) is 43.2 Å². The van der Waals surface area contributed by atoms with Crippen molar-refractivity contribution in [3.63, 3.8) is 0 Å². The number of fused-ring (bicyclic) bond motifs is 2. The second-order valence-corrected chi connectivity index (χ2v) is 8.31. The van der Waals surface area contributed by atoms with Gasteiger partial charge in [-0.25, -0.2) is 13.4 Å². The summed E-state index contributed by atoms with van der Waals surface area (Å²) in [6.45, 7) is 1.78. The number of hydrogen-bond acceptors (Lipinski definition) is 6. The van der Waals surface area contributed by atoms with Crippen LogP contribution in [0.4, 0.5) is 6.01 Å². The smallest absolute Gasteiger partial charge is 0.298 e. The quantitative estimate of drug-likeness (QED) is 0.583. The van der Waals surface area contributed by atoms with Crippen molar-refractivity contribution < 1.29 is 12.8 Å². The Morgan fingerprint density at radius 1 is 1.04 bits per heavy atom. The van der Waals surface area contributed by atoms with Gasteiger partial charge in [0.05, 0.1) is 0 Å². The third-order valence-corrected chi connectivity index (χ3v) is 6.76. The Morgan fingerprint density at radius 2 is 1.85 bits per heavy atom. The first kappa shape index (κ1) is 16.3. The number of rotatable bonds is 3. The van der Waals surface area contributed by atoms with E-state index in [9.17, 15) is 8.42 Å². The van der Waals surface area contributed by atoms with Crippen molar-refractivity contribution in [3.05, 3.63) is 48.8 Å². The molecule has 0 bridgehead atoms. The summed E-state index contributed by atoms with van der Waals surface area (Å²) in [5.41, 5.74) is 2.10. The summed E-state index contributed by atoms with van der Waals surface area (Å²) in [5, 5.41) is 0.610. The zero-order chi connectivity index (χ0) is 18.4. The first-order valence-electron chi connectivity index (χ1n) is 8.66. The van der Waals surface area contributed by atoms with Gasteiger partial charge in [-0.3, -0.25) is 0 Å². The Bertz CT molecular complexity index is 1190. The molecule has 1 aromatic carbocycles. The predicted molar refractivity (Wildman–Crippen MR) is 101 cm³/mol. The lowest BCUT2D eigenvalue weighted by Gasteiger charge is -2.32. The second-order valence-electron chi connectivity index (χ2n) is 6.41. The second kappa shape index (κ2) is 6.07. The summed E-state index contributed by atoms with van der Waals surface area (Å²) in [6, 6.07) is 11.6. The van der Waals surface area contributed by atoms with E-state index in [4.69, 9.17) is 4.42 Å². The van der Waals surface area contributed by atoms with Crippen LogP contribution in [0.5, 0.6) is 0 Å². The van der Waals surface area contributed by atoms with Crippen LogP contribution in [-0.2, 0) is 10.0 Å². The highest BCUT2D eigenvalue weighted by molar-refractivity contribution is 7.89. The number of piperazine rings is 1. The molecule has 0 radical (unpaired) electrons. The number of hydrogen-bond donors (Lipinski definition) is 1. The minimum absolute atomic E-state index is 0.265. The molecule has 0 saturated carbocycles. The van der Waals surface area contributed by atoms with E-state index < -0.39 is 10.0 Å². The zero-order valence-corrected chi connectivity index (χ0v) is 15.2. The molecule has 1 aliphatic heterocycles. The van der Waals surface area contributed by atoms with E-state index >= 15 is 0 Å². The van der Waals surface area contributed by atoms with Gasteiger partial charge in [0, 0.05) is 44.0 Å². The average Bonchev–Trinajstić information content (AvgIpc) is 3.32. The lowest BCUT2D eigenvalue weighted by molar-refractivity contribution is 0.374. The molecule has 1 aliphatic rings. The molecule has 9 heteroatoms. The van der Waals surface area contributed by atoms with Gasteiger partial charge in [0.25, 0.3) is 6.01 Å². The lowest BCUT2D eigenvalue weighted by atomic mass is 10.3. The molecule has 0 unspecified atom stereocenters. The first-order valence-corrected chi connectivity index (χ1v) is 10.1. The Balaban J connectivity index is 1.38. The lowest BCUT2D eigenvalue weighted by Crippen LogP contribution is -2.48. The summed E-state index contributed by atoms with van der Waals surface area (Å²) in [5.74, 6) is 0. The highest BCUT2D eigenvalue weighted by Crippen LogP contribution is 2.27. The number of aromatic nitrogens is 3. The van der Waals surface area contributed by atoms with E-state index in [0.717, 1.165) is 11.1 Å². The third-order valence-electron chi connectivity index (χ3n) is 4.82. The van der Waals surface area contributed by atoms with Crippen molar-refractivity contribution in [1.29, 1.82) is 0 Å². The van der Waals surface area contributed by atoms with E-state index in [1.165, 1.54) is 10.5 Å². The summed E-state index contributed by atoms with van der Waals surface area (Å²) >= 11 is 0. The third kappa shape index (κ3) is 2.66. The predicted octanol–water partition coefficient (Wildman–Crippen LogP) is 2.21. The van der Waals surface area contributed by atoms with Crippen molar-refractivity contribution in [2.45, 2.75) is 4.90 Å². The van der Waals surface area contributed by atoms with Crippen LogP contribution in [0.3, 0.4) is 0 Å². The van der Waals surface area contributed by atoms with E-state index in [1.807, 2.05) is 29.2 Å². The molecule has 1 N–H and O–H groups in total. The highest BCUT2D eigenvalue weighted by Gasteiger charge is 2.31. The number of nitrogens with zero attached hydrogens (tertiary/aromatic N) is 4. The largest absolute Gasteiger partial charge is 0.423 e. The van der Waals surface area contributed by atoms with Gasteiger partial charge in [-0.05, 0) is 24.3 Å². The van der Waals surface area contributed by atoms with Gasteiger partial charge in [0.2, 0.25) is 10.0 Å². The molecule has 5 rings (SSSR count). The zero-order valence-electron chi connectivity index (χ0n) is 14.4.